The second-order valence-electron chi connectivity index (χ2n) is 7.67. The Hall–Kier alpha value is -3.62. The molecular formula is C22H21FN6O2. The molecule has 1 aliphatic heterocycles. The lowest BCUT2D eigenvalue weighted by Crippen LogP contribution is -2.28. The normalized spacial score (nSPS) is 13.9. The third-order valence-corrected chi connectivity index (χ3v) is 5.51. The van der Waals surface area contributed by atoms with Gasteiger partial charge in [-0.2, -0.15) is 4.98 Å². The predicted octanol–water partition coefficient (Wildman–Crippen LogP) is 3.22. The molecule has 0 spiro atoms. The average molecular weight is 420 g/mol. The van der Waals surface area contributed by atoms with E-state index in [9.17, 15) is 9.18 Å². The van der Waals surface area contributed by atoms with E-state index in [4.69, 9.17) is 4.52 Å². The minimum absolute atomic E-state index is 0.165. The van der Waals surface area contributed by atoms with E-state index >= 15 is 0 Å². The van der Waals surface area contributed by atoms with E-state index in [0.29, 0.717) is 36.6 Å². The van der Waals surface area contributed by atoms with Gasteiger partial charge in [-0.3, -0.25) is 4.79 Å². The number of likely N-dealkylation sites (tertiary alicyclic amines) is 1. The first-order valence-corrected chi connectivity index (χ1v) is 10.3. The minimum atomic E-state index is -0.281. The van der Waals surface area contributed by atoms with Crippen LogP contribution in [-0.4, -0.2) is 49.0 Å². The zero-order chi connectivity index (χ0) is 21.2. The first kappa shape index (κ1) is 19.3. The molecule has 0 aliphatic carbocycles. The third kappa shape index (κ3) is 4.16. The molecule has 1 fully saturated rings. The molecule has 5 rings (SSSR count). The lowest BCUT2D eigenvalue weighted by molar-refractivity contribution is -0.130. The van der Waals surface area contributed by atoms with Crippen LogP contribution in [0.25, 0.3) is 22.4 Å². The molecule has 2 aromatic heterocycles. The smallest absolute Gasteiger partial charge is 0.231 e. The first-order valence-electron chi connectivity index (χ1n) is 10.3. The van der Waals surface area contributed by atoms with Gasteiger partial charge in [-0.25, -0.2) is 9.07 Å². The Morgan fingerprint density at radius 2 is 1.90 bits per heavy atom. The maximum atomic E-state index is 13.1. The van der Waals surface area contributed by atoms with Crippen LogP contribution >= 0.6 is 0 Å². The van der Waals surface area contributed by atoms with Crippen molar-refractivity contribution in [2.24, 2.45) is 0 Å². The van der Waals surface area contributed by atoms with Gasteiger partial charge in [0.15, 0.2) is 0 Å². The predicted molar refractivity (Wildman–Crippen MR) is 110 cm³/mol. The lowest BCUT2D eigenvalue weighted by Gasteiger charge is -2.14. The number of nitrogens with zero attached hydrogens (tertiary/aromatic N) is 6. The summed E-state index contributed by atoms with van der Waals surface area (Å²) in [7, 11) is 0. The topological polar surface area (TPSA) is 89.9 Å². The van der Waals surface area contributed by atoms with Crippen molar-refractivity contribution in [3.8, 4) is 11.4 Å². The van der Waals surface area contributed by atoms with Gasteiger partial charge in [0.1, 0.15) is 11.3 Å². The summed E-state index contributed by atoms with van der Waals surface area (Å²) in [5, 5.41) is 12.5. The molecule has 8 nitrogen and oxygen atoms in total. The minimum Gasteiger partial charge on any atom is -0.343 e. The fourth-order valence-electron chi connectivity index (χ4n) is 3.82. The molecule has 4 aromatic rings. The van der Waals surface area contributed by atoms with Crippen molar-refractivity contribution in [3.05, 3.63) is 59.7 Å². The highest BCUT2D eigenvalue weighted by atomic mass is 19.1. The zero-order valence-corrected chi connectivity index (χ0v) is 16.9. The maximum Gasteiger partial charge on any atom is 0.231 e. The number of amides is 1. The number of aryl methyl sites for hydroxylation is 1. The highest BCUT2D eigenvalue weighted by molar-refractivity contribution is 5.80. The van der Waals surface area contributed by atoms with E-state index in [0.717, 1.165) is 42.6 Å². The second kappa shape index (κ2) is 8.25. The summed E-state index contributed by atoms with van der Waals surface area (Å²) in [5.74, 6) is 0.790. The van der Waals surface area contributed by atoms with Crippen molar-refractivity contribution in [3.63, 3.8) is 0 Å². The van der Waals surface area contributed by atoms with Gasteiger partial charge in [-0.05, 0) is 48.7 Å². The van der Waals surface area contributed by atoms with Crippen LogP contribution in [0.1, 0.15) is 30.7 Å². The van der Waals surface area contributed by atoms with Crippen LogP contribution in [-0.2, 0) is 17.8 Å². The van der Waals surface area contributed by atoms with Crippen molar-refractivity contribution in [1.29, 1.82) is 0 Å². The number of fused-ring (bicyclic) bond motifs is 1. The van der Waals surface area contributed by atoms with Gasteiger partial charge >= 0.3 is 0 Å². The highest BCUT2D eigenvalue weighted by Gasteiger charge is 2.18. The molecule has 2 aromatic carbocycles. The van der Waals surface area contributed by atoms with Crippen molar-refractivity contribution in [2.45, 2.75) is 32.2 Å². The fraction of sp³-hybridized carbons (Fsp3) is 0.318. The Bertz CT molecular complexity index is 1210. The third-order valence-electron chi connectivity index (χ3n) is 5.51. The summed E-state index contributed by atoms with van der Waals surface area (Å²) in [6.45, 7) is 2.21. The molecule has 0 bridgehead atoms. The van der Waals surface area contributed by atoms with Crippen LogP contribution in [0.2, 0.25) is 0 Å². The van der Waals surface area contributed by atoms with E-state index in [1.807, 2.05) is 23.1 Å². The molecular weight excluding hydrogens is 399 g/mol. The summed E-state index contributed by atoms with van der Waals surface area (Å²) in [5.41, 5.74) is 3.21. The lowest BCUT2D eigenvalue weighted by atomic mass is 10.1. The number of rotatable bonds is 6. The first-order chi connectivity index (χ1) is 15.2. The SMILES string of the molecule is O=C(CCn1nnc2cc(-c3noc(Cc4ccc(F)cc4)n3)ccc21)N1CCCC1. The van der Waals surface area contributed by atoms with Gasteiger partial charge in [-0.1, -0.05) is 22.5 Å². The molecule has 0 saturated carbocycles. The summed E-state index contributed by atoms with van der Waals surface area (Å²) in [6, 6.07) is 11.8. The molecule has 1 aliphatic rings. The fourth-order valence-corrected chi connectivity index (χ4v) is 3.82. The summed E-state index contributed by atoms with van der Waals surface area (Å²) in [6.07, 6.45) is 3.01. The molecule has 158 valence electrons. The van der Waals surface area contributed by atoms with E-state index in [-0.39, 0.29) is 11.7 Å². The number of benzene rings is 2. The van der Waals surface area contributed by atoms with Crippen LogP contribution in [0.15, 0.2) is 47.0 Å². The zero-order valence-electron chi connectivity index (χ0n) is 16.9. The van der Waals surface area contributed by atoms with Gasteiger partial charge < -0.3 is 9.42 Å². The number of hydrogen-bond donors (Lipinski definition) is 0. The maximum absolute atomic E-state index is 13.1. The number of carbonyl (C=O) groups is 1. The van der Waals surface area contributed by atoms with Crippen LogP contribution in [0.3, 0.4) is 0 Å². The Labute approximate surface area is 177 Å². The van der Waals surface area contributed by atoms with Gasteiger partial charge in [-0.15, -0.1) is 5.10 Å². The van der Waals surface area contributed by atoms with Crippen LogP contribution in [0, 0.1) is 5.82 Å². The van der Waals surface area contributed by atoms with Gasteiger partial charge in [0.25, 0.3) is 0 Å². The van der Waals surface area contributed by atoms with Crippen molar-refractivity contribution in [1.82, 2.24) is 30.0 Å². The number of aromatic nitrogens is 5. The Morgan fingerprint density at radius 1 is 1.10 bits per heavy atom. The Kier molecular flexibility index (Phi) is 5.15. The quantitative estimate of drug-likeness (QED) is 0.476. The monoisotopic (exact) mass is 420 g/mol. The molecule has 0 atom stereocenters. The molecule has 31 heavy (non-hydrogen) atoms. The standard InChI is InChI=1S/C22H21FN6O2/c23-17-6-3-15(4-7-17)13-20-24-22(26-31-20)16-5-8-19-18(14-16)25-27-29(19)12-9-21(30)28-10-1-2-11-28/h3-8,14H,1-2,9-13H2. The Balaban J connectivity index is 1.28. The molecule has 1 saturated heterocycles. The summed E-state index contributed by atoms with van der Waals surface area (Å²) >= 11 is 0. The molecule has 0 radical (unpaired) electrons. The molecule has 3 heterocycles. The molecule has 0 N–H and O–H groups in total. The summed E-state index contributed by atoms with van der Waals surface area (Å²) < 4.78 is 20.2. The molecule has 1 amide bonds. The van der Waals surface area contributed by atoms with E-state index in [1.54, 1.807) is 16.8 Å². The van der Waals surface area contributed by atoms with Gasteiger partial charge in [0, 0.05) is 25.1 Å². The average Bonchev–Trinajstić information content (AvgIpc) is 3.54. The van der Waals surface area contributed by atoms with Crippen molar-refractivity contribution in [2.75, 3.05) is 13.1 Å². The molecule has 9 heteroatoms. The van der Waals surface area contributed by atoms with Gasteiger partial charge in [0.05, 0.1) is 18.5 Å². The van der Waals surface area contributed by atoms with Crippen molar-refractivity contribution >= 4 is 16.9 Å². The number of halogens is 1. The van der Waals surface area contributed by atoms with Gasteiger partial charge in [0.2, 0.25) is 17.6 Å². The van der Waals surface area contributed by atoms with E-state index < -0.39 is 0 Å². The largest absolute Gasteiger partial charge is 0.343 e. The number of carbonyl (C=O) groups excluding carboxylic acids is 1. The second-order valence-corrected chi connectivity index (χ2v) is 7.67. The van der Waals surface area contributed by atoms with E-state index in [1.165, 1.54) is 12.1 Å². The number of hydrogen-bond acceptors (Lipinski definition) is 6. The summed E-state index contributed by atoms with van der Waals surface area (Å²) in [4.78, 5) is 18.6. The van der Waals surface area contributed by atoms with Crippen LogP contribution < -0.4 is 0 Å². The molecule has 0 unspecified atom stereocenters. The van der Waals surface area contributed by atoms with Crippen LogP contribution in [0.5, 0.6) is 0 Å². The van der Waals surface area contributed by atoms with Crippen molar-refractivity contribution < 1.29 is 13.7 Å². The Morgan fingerprint density at radius 3 is 2.71 bits per heavy atom. The highest BCUT2D eigenvalue weighted by Crippen LogP contribution is 2.22. The van der Waals surface area contributed by atoms with E-state index in [2.05, 4.69) is 20.5 Å². The van der Waals surface area contributed by atoms with Crippen LogP contribution in [0.4, 0.5) is 4.39 Å².